The van der Waals surface area contributed by atoms with Gasteiger partial charge in [0.05, 0.1) is 36.5 Å². The van der Waals surface area contributed by atoms with E-state index in [0.717, 1.165) is 11.3 Å². The Hall–Kier alpha value is -3.72. The summed E-state index contributed by atoms with van der Waals surface area (Å²) in [5, 5.41) is 0. The van der Waals surface area contributed by atoms with Crippen LogP contribution in [0.3, 0.4) is 0 Å². The van der Waals surface area contributed by atoms with Crippen molar-refractivity contribution in [2.45, 2.75) is 19.9 Å². The summed E-state index contributed by atoms with van der Waals surface area (Å²) in [6.45, 7) is 4.59. The number of halogens is 1. The van der Waals surface area contributed by atoms with Crippen molar-refractivity contribution >= 4 is 23.4 Å². The zero-order chi connectivity index (χ0) is 24.2. The molecule has 0 saturated carbocycles. The van der Waals surface area contributed by atoms with Crippen molar-refractivity contribution in [3.05, 3.63) is 90.9 Å². The van der Waals surface area contributed by atoms with Gasteiger partial charge in [0.1, 0.15) is 5.82 Å². The predicted molar refractivity (Wildman–Crippen MR) is 126 cm³/mol. The lowest BCUT2D eigenvalue weighted by Crippen LogP contribution is -2.39. The number of ether oxygens (including phenoxy) is 3. The Bertz CT molecular complexity index is 1440. The highest BCUT2D eigenvalue weighted by molar-refractivity contribution is 7.07. The van der Waals surface area contributed by atoms with E-state index in [1.807, 2.05) is 13.8 Å². The molecule has 7 nitrogen and oxygen atoms in total. The molecule has 0 aliphatic carbocycles. The molecule has 0 unspecified atom stereocenters. The largest absolute Gasteiger partial charge is 0.490 e. The van der Waals surface area contributed by atoms with Crippen LogP contribution < -0.4 is 24.4 Å². The third-order valence-electron chi connectivity index (χ3n) is 5.20. The Morgan fingerprint density at radius 1 is 1.15 bits per heavy atom. The topological polar surface area (TPSA) is 79.1 Å². The summed E-state index contributed by atoms with van der Waals surface area (Å²) in [4.78, 5) is 30.8. The Kier molecular flexibility index (Phi) is 6.93. The van der Waals surface area contributed by atoms with Gasteiger partial charge in [0.2, 0.25) is 0 Å². The minimum atomic E-state index is -0.804. The lowest BCUT2D eigenvalue weighted by Gasteiger charge is -2.23. The van der Waals surface area contributed by atoms with E-state index in [1.165, 1.54) is 30.0 Å². The van der Waals surface area contributed by atoms with E-state index in [1.54, 1.807) is 36.4 Å². The second-order valence-corrected chi connectivity index (χ2v) is 8.28. The third kappa shape index (κ3) is 4.38. The number of thiazole rings is 1. The number of methoxy groups -OCH3 is 1. The molecule has 1 aliphatic rings. The van der Waals surface area contributed by atoms with Crippen LogP contribution in [-0.2, 0) is 9.53 Å². The first-order chi connectivity index (χ1) is 16.5. The first-order valence-corrected chi connectivity index (χ1v) is 11.5. The number of benzene rings is 2. The van der Waals surface area contributed by atoms with Gasteiger partial charge in [-0.1, -0.05) is 35.6 Å². The number of nitrogens with zero attached hydrogens (tertiary/aromatic N) is 2. The van der Waals surface area contributed by atoms with Crippen molar-refractivity contribution in [1.82, 2.24) is 4.57 Å². The van der Waals surface area contributed by atoms with E-state index < -0.39 is 23.4 Å². The summed E-state index contributed by atoms with van der Waals surface area (Å²) in [6.07, 6.45) is 2.90. The van der Waals surface area contributed by atoms with Crippen molar-refractivity contribution in [1.29, 1.82) is 0 Å². The minimum Gasteiger partial charge on any atom is -0.490 e. The number of hydrogen-bond acceptors (Lipinski definition) is 7. The Morgan fingerprint density at radius 2 is 1.88 bits per heavy atom. The molecule has 0 fully saturated rings. The molecule has 2 aromatic carbocycles. The molecule has 0 N–H and O–H groups in total. The van der Waals surface area contributed by atoms with Crippen molar-refractivity contribution < 1.29 is 23.4 Å². The SMILES string of the molecule is CCOc1ccc([C@@H]2C(C(=O)OC)=CN=c3s/c(=C\c4ccccc4F)c(=O)n32)cc1OCC. The van der Waals surface area contributed by atoms with Gasteiger partial charge >= 0.3 is 5.97 Å². The monoisotopic (exact) mass is 482 g/mol. The van der Waals surface area contributed by atoms with Gasteiger partial charge in [0.15, 0.2) is 16.3 Å². The fraction of sp³-hybridized carbons (Fsp3) is 0.240. The van der Waals surface area contributed by atoms with Gasteiger partial charge in [-0.25, -0.2) is 14.2 Å². The lowest BCUT2D eigenvalue weighted by atomic mass is 9.97. The maximum Gasteiger partial charge on any atom is 0.337 e. The first kappa shape index (κ1) is 23.4. The highest BCUT2D eigenvalue weighted by atomic mass is 32.1. The number of aromatic nitrogens is 1. The quantitative estimate of drug-likeness (QED) is 0.484. The standard InChI is InChI=1S/C25H23FN2O5S/c1-4-32-19-11-10-16(12-20(19)33-5-2)22-17(24(30)31-3)14-27-25-28(22)23(29)21(34-25)13-15-8-6-7-9-18(15)26/h6-14,22H,4-5H2,1-3H3/b21-13-/t22-/m1/s1. The maximum absolute atomic E-state index is 14.2. The van der Waals surface area contributed by atoms with Crippen LogP contribution in [0.1, 0.15) is 31.0 Å². The van der Waals surface area contributed by atoms with Crippen LogP contribution in [0, 0.1) is 5.82 Å². The second kappa shape index (κ2) is 10.0. The molecule has 0 bridgehead atoms. The van der Waals surface area contributed by atoms with E-state index in [0.29, 0.717) is 39.6 Å². The fourth-order valence-corrected chi connectivity index (χ4v) is 4.68. The molecule has 4 rings (SSSR count). The average molecular weight is 483 g/mol. The Balaban J connectivity index is 1.92. The van der Waals surface area contributed by atoms with E-state index in [2.05, 4.69) is 4.99 Å². The highest BCUT2D eigenvalue weighted by Crippen LogP contribution is 2.35. The summed E-state index contributed by atoms with van der Waals surface area (Å²) in [5.74, 6) is 0.0113. The fourth-order valence-electron chi connectivity index (χ4n) is 3.72. The molecule has 0 spiro atoms. The van der Waals surface area contributed by atoms with Crippen LogP contribution in [0.25, 0.3) is 6.08 Å². The molecule has 0 amide bonds. The number of rotatable bonds is 7. The molecule has 34 heavy (non-hydrogen) atoms. The molecular weight excluding hydrogens is 459 g/mol. The van der Waals surface area contributed by atoms with E-state index >= 15 is 0 Å². The molecular formula is C25H23FN2O5S. The maximum atomic E-state index is 14.2. The Labute approximate surface area is 199 Å². The van der Waals surface area contributed by atoms with Crippen LogP contribution in [0.5, 0.6) is 11.5 Å². The Morgan fingerprint density at radius 3 is 2.59 bits per heavy atom. The normalized spacial score (nSPS) is 15.2. The van der Waals surface area contributed by atoms with Gasteiger partial charge in [-0.05, 0) is 43.7 Å². The number of carbonyl (C=O) groups excluding carboxylic acids is 1. The predicted octanol–water partition coefficient (Wildman–Crippen LogP) is 2.95. The van der Waals surface area contributed by atoms with Crippen LogP contribution in [-0.4, -0.2) is 30.9 Å². The molecule has 1 atom stereocenters. The van der Waals surface area contributed by atoms with Gasteiger partial charge < -0.3 is 14.2 Å². The first-order valence-electron chi connectivity index (χ1n) is 10.7. The zero-order valence-corrected chi connectivity index (χ0v) is 19.7. The molecule has 2 heterocycles. The molecule has 3 aromatic rings. The van der Waals surface area contributed by atoms with Gasteiger partial charge in [0.25, 0.3) is 5.56 Å². The van der Waals surface area contributed by atoms with Crippen LogP contribution in [0.15, 0.2) is 64.0 Å². The van der Waals surface area contributed by atoms with Crippen LogP contribution >= 0.6 is 11.3 Å². The van der Waals surface area contributed by atoms with Crippen LogP contribution in [0.2, 0.25) is 0 Å². The molecule has 9 heteroatoms. The second-order valence-electron chi connectivity index (χ2n) is 7.27. The van der Waals surface area contributed by atoms with E-state index in [4.69, 9.17) is 14.2 Å². The molecule has 1 aliphatic heterocycles. The van der Waals surface area contributed by atoms with Gasteiger partial charge in [-0.15, -0.1) is 0 Å². The van der Waals surface area contributed by atoms with Crippen molar-refractivity contribution in [3.63, 3.8) is 0 Å². The van der Waals surface area contributed by atoms with E-state index in [9.17, 15) is 14.0 Å². The lowest BCUT2D eigenvalue weighted by molar-refractivity contribution is -0.136. The summed E-state index contributed by atoms with van der Waals surface area (Å²) < 4.78 is 32.3. The third-order valence-corrected chi connectivity index (χ3v) is 6.20. The molecule has 176 valence electrons. The number of carbonyl (C=O) groups is 1. The van der Waals surface area contributed by atoms with Crippen molar-refractivity contribution in [2.24, 2.45) is 4.99 Å². The van der Waals surface area contributed by atoms with Crippen LogP contribution in [0.4, 0.5) is 4.39 Å². The smallest absolute Gasteiger partial charge is 0.337 e. The molecule has 0 saturated heterocycles. The summed E-state index contributed by atoms with van der Waals surface area (Å²) >= 11 is 1.12. The summed E-state index contributed by atoms with van der Waals surface area (Å²) in [6, 6.07) is 10.7. The van der Waals surface area contributed by atoms with Crippen molar-refractivity contribution in [2.75, 3.05) is 20.3 Å². The minimum absolute atomic E-state index is 0.193. The van der Waals surface area contributed by atoms with E-state index in [-0.39, 0.29) is 11.1 Å². The van der Waals surface area contributed by atoms with Gasteiger partial charge in [0, 0.05) is 11.8 Å². The molecule has 0 radical (unpaired) electrons. The zero-order valence-electron chi connectivity index (χ0n) is 18.9. The summed E-state index contributed by atoms with van der Waals surface area (Å²) in [7, 11) is 1.27. The van der Waals surface area contributed by atoms with Gasteiger partial charge in [-0.2, -0.15) is 0 Å². The number of esters is 1. The number of fused-ring (bicyclic) bond motifs is 1. The van der Waals surface area contributed by atoms with Crippen molar-refractivity contribution in [3.8, 4) is 11.5 Å². The number of hydrogen-bond donors (Lipinski definition) is 0. The van der Waals surface area contributed by atoms with Gasteiger partial charge in [-0.3, -0.25) is 9.36 Å². The average Bonchev–Trinajstić information content (AvgIpc) is 3.16. The summed E-state index contributed by atoms with van der Waals surface area (Å²) in [5.41, 5.74) is 0.713. The highest BCUT2D eigenvalue weighted by Gasteiger charge is 2.31. The molecule has 1 aromatic heterocycles.